The van der Waals surface area contributed by atoms with Crippen molar-refractivity contribution in [2.24, 2.45) is 0 Å². The molecule has 8 heteroatoms. The van der Waals surface area contributed by atoms with Crippen LogP contribution in [0.2, 0.25) is 0 Å². The maximum absolute atomic E-state index is 5.92. The summed E-state index contributed by atoms with van der Waals surface area (Å²) in [6.45, 7) is 4.07. The summed E-state index contributed by atoms with van der Waals surface area (Å²) >= 11 is 0. The Hall–Kier alpha value is -2.97. The van der Waals surface area contributed by atoms with Crippen LogP contribution in [0, 0.1) is 0 Å². The van der Waals surface area contributed by atoms with Crippen molar-refractivity contribution in [2.75, 3.05) is 27.2 Å². The minimum absolute atomic E-state index is 0.123. The van der Waals surface area contributed by atoms with Gasteiger partial charge in [-0.15, -0.1) is 0 Å². The first-order valence-electron chi connectivity index (χ1n) is 9.50. The normalized spacial score (nSPS) is 19.8. The zero-order valence-electron chi connectivity index (χ0n) is 16.7. The minimum Gasteiger partial charge on any atom is -0.497 e. The van der Waals surface area contributed by atoms with Crippen molar-refractivity contribution in [3.63, 3.8) is 0 Å². The van der Waals surface area contributed by atoms with Crippen LogP contribution < -0.4 is 9.47 Å². The van der Waals surface area contributed by atoms with Crippen molar-refractivity contribution in [1.29, 1.82) is 0 Å². The molecule has 0 aliphatic carbocycles. The minimum atomic E-state index is -0.218. The van der Waals surface area contributed by atoms with Crippen molar-refractivity contribution in [3.05, 3.63) is 54.0 Å². The number of methoxy groups -OCH3 is 1. The highest BCUT2D eigenvalue weighted by atomic mass is 16.5. The molecule has 0 radical (unpaired) electrons. The molecule has 3 aromatic rings. The molecule has 0 unspecified atom stereocenters. The summed E-state index contributed by atoms with van der Waals surface area (Å²) in [6.07, 6.45) is 1.58. The summed E-state index contributed by atoms with van der Waals surface area (Å²) < 4.78 is 22.2. The Kier molecular flexibility index (Phi) is 5.73. The third kappa shape index (κ3) is 4.72. The largest absolute Gasteiger partial charge is 0.497 e. The summed E-state index contributed by atoms with van der Waals surface area (Å²) in [6, 6.07) is 11.4. The van der Waals surface area contributed by atoms with Crippen LogP contribution in [0.25, 0.3) is 11.4 Å². The van der Waals surface area contributed by atoms with Gasteiger partial charge in [-0.25, -0.2) is 4.98 Å². The lowest BCUT2D eigenvalue weighted by Crippen LogP contribution is -2.40. The second kappa shape index (κ2) is 8.59. The molecule has 0 bridgehead atoms. The second-order valence-electron chi connectivity index (χ2n) is 7.13. The molecule has 2 atom stereocenters. The molecule has 1 saturated heterocycles. The molecule has 3 heterocycles. The molecule has 0 saturated carbocycles. The van der Waals surface area contributed by atoms with Crippen LogP contribution in [0.4, 0.5) is 0 Å². The standard InChI is InChI=1S/C21H24N4O4/c1-14-11-25(2)12-18(28-14)21-23-20(24-29-21)16-6-9-19(22-10-16)27-13-15-4-7-17(26-3)8-5-15/h4-10,14,18H,11-13H2,1-3H3/t14-,18-/m0/s1. The Balaban J connectivity index is 1.38. The molecular formula is C21H24N4O4. The lowest BCUT2D eigenvalue weighted by atomic mass is 10.2. The molecule has 2 aromatic heterocycles. The third-order valence-electron chi connectivity index (χ3n) is 4.70. The molecule has 0 amide bonds. The van der Waals surface area contributed by atoms with Crippen molar-refractivity contribution >= 4 is 0 Å². The smallest absolute Gasteiger partial charge is 0.257 e. The fraction of sp³-hybridized carbons (Fsp3) is 0.381. The van der Waals surface area contributed by atoms with E-state index in [0.717, 1.165) is 30.0 Å². The van der Waals surface area contributed by atoms with Crippen molar-refractivity contribution in [3.8, 4) is 23.0 Å². The molecule has 1 aromatic carbocycles. The van der Waals surface area contributed by atoms with E-state index in [9.17, 15) is 0 Å². The van der Waals surface area contributed by atoms with Crippen LogP contribution in [0.15, 0.2) is 47.1 Å². The Morgan fingerprint density at radius 3 is 2.66 bits per heavy atom. The van der Waals surface area contributed by atoms with Crippen LogP contribution in [0.1, 0.15) is 24.5 Å². The van der Waals surface area contributed by atoms with Crippen LogP contribution in [0.3, 0.4) is 0 Å². The van der Waals surface area contributed by atoms with Crippen molar-refractivity contribution < 1.29 is 18.7 Å². The van der Waals surface area contributed by atoms with Crippen LogP contribution >= 0.6 is 0 Å². The van der Waals surface area contributed by atoms with Crippen LogP contribution in [-0.2, 0) is 11.3 Å². The summed E-state index contributed by atoms with van der Waals surface area (Å²) in [4.78, 5) is 11.0. The zero-order chi connectivity index (χ0) is 20.2. The summed E-state index contributed by atoms with van der Waals surface area (Å²) in [5, 5.41) is 4.07. The Bertz CT molecular complexity index is 917. The molecule has 0 N–H and O–H groups in total. The van der Waals surface area contributed by atoms with E-state index in [1.54, 1.807) is 19.4 Å². The van der Waals surface area contributed by atoms with Crippen LogP contribution in [0.5, 0.6) is 11.6 Å². The monoisotopic (exact) mass is 396 g/mol. The lowest BCUT2D eigenvalue weighted by Gasteiger charge is -2.32. The number of rotatable bonds is 6. The topological polar surface area (TPSA) is 82.7 Å². The maximum Gasteiger partial charge on any atom is 0.257 e. The highest BCUT2D eigenvalue weighted by Gasteiger charge is 2.28. The van der Waals surface area contributed by atoms with E-state index in [1.807, 2.05) is 37.3 Å². The van der Waals surface area contributed by atoms with Gasteiger partial charge in [0, 0.05) is 30.9 Å². The Morgan fingerprint density at radius 2 is 1.97 bits per heavy atom. The van der Waals surface area contributed by atoms with Gasteiger partial charge in [0.05, 0.1) is 13.2 Å². The summed E-state index contributed by atoms with van der Waals surface area (Å²) in [5.74, 6) is 2.31. The number of hydrogen-bond acceptors (Lipinski definition) is 8. The molecule has 1 aliphatic heterocycles. The molecule has 1 aliphatic rings. The van der Waals surface area contributed by atoms with E-state index in [1.165, 1.54) is 0 Å². The molecule has 152 valence electrons. The highest BCUT2D eigenvalue weighted by molar-refractivity contribution is 5.53. The van der Waals surface area contributed by atoms with E-state index in [2.05, 4.69) is 27.1 Å². The quantitative estimate of drug-likeness (QED) is 0.629. The van der Waals surface area contributed by atoms with Gasteiger partial charge in [-0.05, 0) is 37.7 Å². The Morgan fingerprint density at radius 1 is 1.14 bits per heavy atom. The number of benzene rings is 1. The zero-order valence-corrected chi connectivity index (χ0v) is 16.7. The van der Waals surface area contributed by atoms with Gasteiger partial charge in [0.25, 0.3) is 5.89 Å². The number of morpholine rings is 1. The van der Waals surface area contributed by atoms with E-state index >= 15 is 0 Å². The highest BCUT2D eigenvalue weighted by Crippen LogP contribution is 2.26. The van der Waals surface area contributed by atoms with Crippen LogP contribution in [-0.4, -0.2) is 53.4 Å². The number of ether oxygens (including phenoxy) is 3. The molecule has 1 fully saturated rings. The van der Waals surface area contributed by atoms with E-state index in [4.69, 9.17) is 18.7 Å². The van der Waals surface area contributed by atoms with E-state index in [-0.39, 0.29) is 12.2 Å². The predicted molar refractivity (Wildman–Crippen MR) is 106 cm³/mol. The first-order valence-corrected chi connectivity index (χ1v) is 9.50. The van der Waals surface area contributed by atoms with Gasteiger partial charge < -0.3 is 23.6 Å². The Labute approximate surface area is 169 Å². The second-order valence-corrected chi connectivity index (χ2v) is 7.13. The average molecular weight is 396 g/mol. The molecular weight excluding hydrogens is 372 g/mol. The first kappa shape index (κ1) is 19.4. The fourth-order valence-corrected chi connectivity index (χ4v) is 3.26. The van der Waals surface area contributed by atoms with Gasteiger partial charge in [-0.3, -0.25) is 0 Å². The number of pyridine rings is 1. The average Bonchev–Trinajstić information content (AvgIpc) is 3.23. The number of likely N-dealkylation sites (N-methyl/N-ethyl adjacent to an activating group) is 1. The summed E-state index contributed by atoms with van der Waals surface area (Å²) in [5.41, 5.74) is 1.79. The summed E-state index contributed by atoms with van der Waals surface area (Å²) in [7, 11) is 3.70. The predicted octanol–water partition coefficient (Wildman–Crippen LogP) is 3.11. The molecule has 4 rings (SSSR count). The molecule has 0 spiro atoms. The van der Waals surface area contributed by atoms with Gasteiger partial charge >= 0.3 is 0 Å². The van der Waals surface area contributed by atoms with Gasteiger partial charge in [0.15, 0.2) is 0 Å². The molecule has 29 heavy (non-hydrogen) atoms. The number of aromatic nitrogens is 3. The van der Waals surface area contributed by atoms with E-state index in [0.29, 0.717) is 24.2 Å². The first-order chi connectivity index (χ1) is 14.1. The van der Waals surface area contributed by atoms with Gasteiger partial charge in [0.2, 0.25) is 11.7 Å². The lowest BCUT2D eigenvalue weighted by molar-refractivity contribution is -0.0838. The fourth-order valence-electron chi connectivity index (χ4n) is 3.26. The van der Waals surface area contributed by atoms with Crippen molar-refractivity contribution in [1.82, 2.24) is 20.0 Å². The number of hydrogen-bond donors (Lipinski definition) is 0. The van der Waals surface area contributed by atoms with Gasteiger partial charge in [-0.1, -0.05) is 17.3 Å². The van der Waals surface area contributed by atoms with Gasteiger partial charge in [-0.2, -0.15) is 4.98 Å². The van der Waals surface area contributed by atoms with Crippen molar-refractivity contribution in [2.45, 2.75) is 25.7 Å². The molecule has 8 nitrogen and oxygen atoms in total. The van der Waals surface area contributed by atoms with Gasteiger partial charge in [0.1, 0.15) is 18.5 Å². The third-order valence-corrected chi connectivity index (χ3v) is 4.70. The number of nitrogens with zero attached hydrogens (tertiary/aromatic N) is 4. The SMILES string of the molecule is COc1ccc(COc2ccc(-c3noc([C@@H]4CN(C)C[C@H](C)O4)n3)cn2)cc1. The maximum atomic E-state index is 5.92. The van der Waals surface area contributed by atoms with E-state index < -0.39 is 0 Å².